The SMILES string of the molecule is CCN(CC)CCNC(=O)C12CC3C[C@@](C)(C1)C[C@](C)(C3)C2. The van der Waals surface area contributed by atoms with Crippen molar-refractivity contribution in [3.8, 4) is 0 Å². The van der Waals surface area contributed by atoms with Gasteiger partial charge in [-0.25, -0.2) is 0 Å². The zero-order valence-corrected chi connectivity index (χ0v) is 15.0. The second kappa shape index (κ2) is 5.51. The van der Waals surface area contributed by atoms with Crippen LogP contribution in [0.15, 0.2) is 0 Å². The number of likely N-dealkylation sites (N-methyl/N-ethyl adjacent to an activating group) is 1. The number of nitrogens with one attached hydrogen (secondary N) is 1. The van der Waals surface area contributed by atoms with Gasteiger partial charge in [-0.3, -0.25) is 4.79 Å². The van der Waals surface area contributed by atoms with E-state index in [1.165, 1.54) is 19.3 Å². The number of carbonyl (C=O) groups is 1. The van der Waals surface area contributed by atoms with E-state index in [-0.39, 0.29) is 5.41 Å². The number of amides is 1. The quantitative estimate of drug-likeness (QED) is 0.815. The van der Waals surface area contributed by atoms with Crippen LogP contribution in [0.1, 0.15) is 66.2 Å². The Morgan fingerprint density at radius 1 is 1.05 bits per heavy atom. The van der Waals surface area contributed by atoms with E-state index in [0.717, 1.165) is 51.4 Å². The van der Waals surface area contributed by atoms with Gasteiger partial charge in [-0.2, -0.15) is 0 Å². The normalized spacial score (nSPS) is 42.9. The third-order valence-corrected chi connectivity index (χ3v) is 6.72. The third-order valence-electron chi connectivity index (χ3n) is 6.72. The molecule has 0 aromatic carbocycles. The predicted molar refractivity (Wildman–Crippen MR) is 90.6 cm³/mol. The second-order valence-corrected chi connectivity index (χ2v) is 9.19. The van der Waals surface area contributed by atoms with Crippen molar-refractivity contribution in [3.05, 3.63) is 0 Å². The van der Waals surface area contributed by atoms with Crippen molar-refractivity contribution in [1.29, 1.82) is 0 Å². The standard InChI is InChI=1S/C19H34N2O/c1-5-21(6-2)8-7-20-16(22)19-11-15-9-17(3,13-19)12-18(4,10-15)14-19/h15H,5-14H2,1-4H3,(H,20,22)/t15?,17-,18+,19?. The zero-order chi connectivity index (χ0) is 16.0. The fraction of sp³-hybridized carbons (Fsp3) is 0.947. The highest BCUT2D eigenvalue weighted by Gasteiger charge is 2.62. The van der Waals surface area contributed by atoms with Crippen LogP contribution in [0.5, 0.6) is 0 Å². The molecule has 22 heavy (non-hydrogen) atoms. The summed E-state index contributed by atoms with van der Waals surface area (Å²) in [6, 6.07) is 0. The topological polar surface area (TPSA) is 32.3 Å². The van der Waals surface area contributed by atoms with Crippen molar-refractivity contribution in [3.63, 3.8) is 0 Å². The van der Waals surface area contributed by atoms with Gasteiger partial charge in [0.15, 0.2) is 0 Å². The molecule has 4 saturated carbocycles. The van der Waals surface area contributed by atoms with Gasteiger partial charge in [0.2, 0.25) is 5.91 Å². The summed E-state index contributed by atoms with van der Waals surface area (Å²) in [6.07, 6.45) is 7.46. The van der Waals surface area contributed by atoms with Gasteiger partial charge in [0.05, 0.1) is 5.41 Å². The molecule has 1 N–H and O–H groups in total. The van der Waals surface area contributed by atoms with Gasteiger partial charge in [0.1, 0.15) is 0 Å². The maximum atomic E-state index is 13.0. The van der Waals surface area contributed by atoms with Crippen LogP contribution >= 0.6 is 0 Å². The highest BCUT2D eigenvalue weighted by Crippen LogP contribution is 2.69. The summed E-state index contributed by atoms with van der Waals surface area (Å²) >= 11 is 0. The predicted octanol–water partition coefficient (Wildman–Crippen LogP) is 3.44. The molecule has 0 heterocycles. The summed E-state index contributed by atoms with van der Waals surface area (Å²) in [5.74, 6) is 1.15. The number of nitrogens with zero attached hydrogens (tertiary/aromatic N) is 1. The van der Waals surface area contributed by atoms with Crippen molar-refractivity contribution in [2.75, 3.05) is 26.2 Å². The molecule has 4 bridgehead atoms. The lowest BCUT2D eigenvalue weighted by Gasteiger charge is -2.64. The van der Waals surface area contributed by atoms with Crippen molar-refractivity contribution in [1.82, 2.24) is 10.2 Å². The Morgan fingerprint density at radius 3 is 2.14 bits per heavy atom. The molecule has 0 saturated heterocycles. The van der Waals surface area contributed by atoms with Crippen molar-refractivity contribution in [2.24, 2.45) is 22.2 Å². The molecule has 1 amide bonds. The van der Waals surface area contributed by atoms with Gasteiger partial charge >= 0.3 is 0 Å². The average Bonchev–Trinajstić information content (AvgIpc) is 2.39. The van der Waals surface area contributed by atoms with Crippen LogP contribution < -0.4 is 5.32 Å². The minimum atomic E-state index is -0.0494. The van der Waals surface area contributed by atoms with Crippen LogP contribution in [0.25, 0.3) is 0 Å². The molecule has 4 atom stereocenters. The van der Waals surface area contributed by atoms with E-state index >= 15 is 0 Å². The van der Waals surface area contributed by atoms with Gasteiger partial charge in [0, 0.05) is 13.1 Å². The molecular formula is C19H34N2O. The van der Waals surface area contributed by atoms with E-state index in [4.69, 9.17) is 0 Å². The Labute approximate surface area is 136 Å². The van der Waals surface area contributed by atoms with E-state index in [0.29, 0.717) is 16.7 Å². The third kappa shape index (κ3) is 2.81. The minimum absolute atomic E-state index is 0.0494. The first-order chi connectivity index (χ1) is 10.3. The molecule has 0 aliphatic heterocycles. The number of carbonyl (C=O) groups excluding carboxylic acids is 1. The molecule has 0 radical (unpaired) electrons. The molecule has 3 nitrogen and oxygen atoms in total. The average molecular weight is 306 g/mol. The fourth-order valence-corrected chi connectivity index (χ4v) is 6.76. The van der Waals surface area contributed by atoms with E-state index in [1.54, 1.807) is 0 Å². The maximum Gasteiger partial charge on any atom is 0.226 e. The summed E-state index contributed by atoms with van der Waals surface area (Å²) in [4.78, 5) is 15.4. The molecule has 126 valence electrons. The number of hydrogen-bond acceptors (Lipinski definition) is 2. The summed E-state index contributed by atoms with van der Waals surface area (Å²) < 4.78 is 0. The highest BCUT2D eigenvalue weighted by atomic mass is 16.2. The molecule has 0 spiro atoms. The van der Waals surface area contributed by atoms with Crippen LogP contribution in [-0.4, -0.2) is 37.0 Å². The Balaban J connectivity index is 1.65. The highest BCUT2D eigenvalue weighted by molar-refractivity contribution is 5.83. The van der Waals surface area contributed by atoms with Crippen LogP contribution in [0.4, 0.5) is 0 Å². The molecule has 3 heteroatoms. The van der Waals surface area contributed by atoms with Crippen molar-refractivity contribution < 1.29 is 4.79 Å². The van der Waals surface area contributed by atoms with Crippen molar-refractivity contribution in [2.45, 2.75) is 66.2 Å². The summed E-state index contributed by atoms with van der Waals surface area (Å²) in [5, 5.41) is 3.29. The molecule has 4 aliphatic carbocycles. The molecule has 4 aliphatic rings. The van der Waals surface area contributed by atoms with Gasteiger partial charge in [-0.05, 0) is 68.4 Å². The molecular weight excluding hydrogens is 272 g/mol. The largest absolute Gasteiger partial charge is 0.354 e. The Kier molecular flexibility index (Phi) is 4.08. The Bertz CT molecular complexity index is 425. The molecule has 4 fully saturated rings. The van der Waals surface area contributed by atoms with Crippen molar-refractivity contribution >= 4 is 5.91 Å². The van der Waals surface area contributed by atoms with E-state index in [9.17, 15) is 4.79 Å². The number of rotatable bonds is 6. The van der Waals surface area contributed by atoms with Crippen LogP contribution in [0, 0.1) is 22.2 Å². The van der Waals surface area contributed by atoms with Gasteiger partial charge in [0.25, 0.3) is 0 Å². The Morgan fingerprint density at radius 2 is 1.64 bits per heavy atom. The first kappa shape index (κ1) is 16.3. The Hall–Kier alpha value is -0.570. The van der Waals surface area contributed by atoms with Gasteiger partial charge in [-0.1, -0.05) is 27.7 Å². The summed E-state index contributed by atoms with van der Waals surface area (Å²) in [5.41, 5.74) is 0.793. The van der Waals surface area contributed by atoms with Crippen LogP contribution in [0.2, 0.25) is 0 Å². The summed E-state index contributed by atoms with van der Waals surface area (Å²) in [6.45, 7) is 13.2. The van der Waals surface area contributed by atoms with Crippen LogP contribution in [0.3, 0.4) is 0 Å². The monoisotopic (exact) mass is 306 g/mol. The first-order valence-electron chi connectivity index (χ1n) is 9.33. The van der Waals surface area contributed by atoms with E-state index in [1.807, 2.05) is 0 Å². The van der Waals surface area contributed by atoms with E-state index < -0.39 is 0 Å². The molecule has 0 aromatic heterocycles. The lowest BCUT2D eigenvalue weighted by Crippen LogP contribution is -2.60. The lowest BCUT2D eigenvalue weighted by atomic mass is 9.40. The molecule has 0 aromatic rings. The molecule has 2 unspecified atom stereocenters. The molecule has 4 rings (SSSR count). The smallest absolute Gasteiger partial charge is 0.226 e. The second-order valence-electron chi connectivity index (χ2n) is 9.19. The van der Waals surface area contributed by atoms with E-state index in [2.05, 4.69) is 37.9 Å². The maximum absolute atomic E-state index is 13.0. The zero-order valence-electron chi connectivity index (χ0n) is 15.0. The lowest BCUT2D eigenvalue weighted by molar-refractivity contribution is -0.170. The van der Waals surface area contributed by atoms with Crippen LogP contribution in [-0.2, 0) is 4.79 Å². The fourth-order valence-electron chi connectivity index (χ4n) is 6.76. The first-order valence-corrected chi connectivity index (χ1v) is 9.33. The minimum Gasteiger partial charge on any atom is -0.354 e. The van der Waals surface area contributed by atoms with Gasteiger partial charge < -0.3 is 10.2 Å². The van der Waals surface area contributed by atoms with Gasteiger partial charge in [-0.15, -0.1) is 0 Å². The summed E-state index contributed by atoms with van der Waals surface area (Å²) in [7, 11) is 0. The number of hydrogen-bond donors (Lipinski definition) is 1.